The van der Waals surface area contributed by atoms with Crippen molar-refractivity contribution >= 4 is 39.5 Å². The number of hydrogen-bond donors (Lipinski definition) is 3. The summed E-state index contributed by atoms with van der Waals surface area (Å²) in [6.07, 6.45) is 3.41. The van der Waals surface area contributed by atoms with Crippen molar-refractivity contribution in [3.8, 4) is 10.4 Å². The third kappa shape index (κ3) is 2.40. The molecule has 0 saturated carbocycles. The summed E-state index contributed by atoms with van der Waals surface area (Å²) in [5.74, 6) is -0.186. The number of aryl methyl sites for hydroxylation is 1. The minimum Gasteiger partial charge on any atom is -0.390 e. The largest absolute Gasteiger partial charge is 0.390 e. The lowest BCUT2D eigenvalue weighted by Crippen LogP contribution is -2.16. The molecule has 0 atom stereocenters. The zero-order valence-electron chi connectivity index (χ0n) is 12.0. The van der Waals surface area contributed by atoms with Crippen molar-refractivity contribution in [2.45, 2.75) is 12.8 Å². The maximum Gasteiger partial charge on any atom is 0.258 e. The van der Waals surface area contributed by atoms with Gasteiger partial charge in [-0.25, -0.2) is 0 Å². The Kier molecular flexibility index (Phi) is 3.36. The maximum absolute atomic E-state index is 12.7. The number of carbonyl (C=O) groups excluding carboxylic acids is 1. The molecule has 1 aliphatic carbocycles. The number of anilines is 2. The van der Waals surface area contributed by atoms with E-state index in [4.69, 9.17) is 17.3 Å². The van der Waals surface area contributed by atoms with Crippen LogP contribution in [0.4, 0.5) is 10.7 Å². The molecule has 3 aromatic rings. The van der Waals surface area contributed by atoms with E-state index in [1.807, 2.05) is 0 Å². The topological polar surface area (TPSA) is 83.8 Å². The summed E-state index contributed by atoms with van der Waals surface area (Å²) in [7, 11) is 0. The smallest absolute Gasteiger partial charge is 0.258 e. The summed E-state index contributed by atoms with van der Waals surface area (Å²) in [6, 6.07) is 7.01. The summed E-state index contributed by atoms with van der Waals surface area (Å²) >= 11 is 7.31. The van der Waals surface area contributed by atoms with Gasteiger partial charge in [0.05, 0.1) is 16.8 Å². The Labute approximate surface area is 141 Å². The zero-order chi connectivity index (χ0) is 16.0. The van der Waals surface area contributed by atoms with Crippen LogP contribution in [0, 0.1) is 0 Å². The maximum atomic E-state index is 12.7. The van der Waals surface area contributed by atoms with Crippen molar-refractivity contribution in [2.75, 3.05) is 11.1 Å². The van der Waals surface area contributed by atoms with Crippen LogP contribution in [-0.2, 0) is 12.8 Å². The highest BCUT2D eigenvalue weighted by Crippen LogP contribution is 2.43. The van der Waals surface area contributed by atoms with Crippen molar-refractivity contribution in [1.29, 1.82) is 0 Å². The summed E-state index contributed by atoms with van der Waals surface area (Å²) in [4.78, 5) is 13.7. The molecule has 2 heterocycles. The van der Waals surface area contributed by atoms with Crippen LogP contribution in [0.3, 0.4) is 0 Å². The van der Waals surface area contributed by atoms with Crippen LogP contribution in [0.1, 0.15) is 21.6 Å². The van der Waals surface area contributed by atoms with E-state index in [0.29, 0.717) is 21.3 Å². The molecule has 0 radical (unpaired) electrons. The minimum absolute atomic E-state index is 0.186. The molecule has 2 aromatic heterocycles. The first-order valence-corrected chi connectivity index (χ1v) is 8.33. The molecule has 1 aliphatic rings. The fourth-order valence-corrected chi connectivity index (χ4v) is 4.14. The van der Waals surface area contributed by atoms with Gasteiger partial charge in [-0.1, -0.05) is 11.6 Å². The number of benzene rings is 1. The van der Waals surface area contributed by atoms with Crippen LogP contribution in [0.25, 0.3) is 10.4 Å². The molecule has 0 bridgehead atoms. The Morgan fingerprint density at radius 3 is 2.87 bits per heavy atom. The van der Waals surface area contributed by atoms with Crippen LogP contribution < -0.4 is 11.1 Å². The number of nitrogen functional groups attached to an aromatic ring is 1. The van der Waals surface area contributed by atoms with Crippen LogP contribution >= 0.6 is 22.9 Å². The first-order chi connectivity index (χ1) is 11.1. The van der Waals surface area contributed by atoms with E-state index in [1.54, 1.807) is 30.5 Å². The third-order valence-electron chi connectivity index (χ3n) is 3.95. The molecule has 0 saturated heterocycles. The Hall–Kier alpha value is -2.31. The van der Waals surface area contributed by atoms with Crippen LogP contribution in [0.2, 0.25) is 5.02 Å². The number of aromatic nitrogens is 2. The number of thiophene rings is 1. The average molecular weight is 345 g/mol. The van der Waals surface area contributed by atoms with Crippen molar-refractivity contribution in [3.05, 3.63) is 52.3 Å². The molecule has 0 fully saturated rings. The Morgan fingerprint density at radius 1 is 1.30 bits per heavy atom. The number of nitrogens with two attached hydrogens (primary N) is 1. The Bertz CT molecular complexity index is 897. The molecule has 0 unspecified atom stereocenters. The number of hydrogen-bond acceptors (Lipinski definition) is 4. The second kappa shape index (κ2) is 5.40. The third-order valence-corrected chi connectivity index (χ3v) is 5.30. The number of aromatic amines is 1. The highest BCUT2D eigenvalue weighted by atomic mass is 35.5. The van der Waals surface area contributed by atoms with Crippen molar-refractivity contribution in [2.24, 2.45) is 0 Å². The van der Waals surface area contributed by atoms with Crippen molar-refractivity contribution in [1.82, 2.24) is 10.2 Å². The highest BCUT2D eigenvalue weighted by molar-refractivity contribution is 7.20. The zero-order valence-corrected chi connectivity index (χ0v) is 13.6. The molecule has 23 heavy (non-hydrogen) atoms. The number of carbonyl (C=O) groups is 1. The Morgan fingerprint density at radius 2 is 2.09 bits per heavy atom. The summed E-state index contributed by atoms with van der Waals surface area (Å²) in [5.41, 5.74) is 10.6. The second-order valence-electron chi connectivity index (χ2n) is 5.37. The van der Waals surface area contributed by atoms with Gasteiger partial charge in [-0.05, 0) is 42.7 Å². The fraction of sp³-hybridized carbons (Fsp3) is 0.125. The van der Waals surface area contributed by atoms with E-state index in [2.05, 4.69) is 15.5 Å². The van der Waals surface area contributed by atoms with E-state index in [1.165, 1.54) is 11.3 Å². The number of amides is 1. The van der Waals surface area contributed by atoms with Crippen LogP contribution in [0.5, 0.6) is 0 Å². The monoisotopic (exact) mass is 344 g/mol. The standard InChI is InChI=1S/C16H13ClN4OS/c17-8-1-3-9(4-2-8)20-16(22)13-10-5-6-12-11(7-19-21-12)14(10)23-15(13)18/h1-4,7H,5-6,18H2,(H,19,21)(H,20,22). The summed E-state index contributed by atoms with van der Waals surface area (Å²) < 4.78 is 0. The molecule has 0 spiro atoms. The van der Waals surface area contributed by atoms with Crippen molar-refractivity contribution < 1.29 is 4.79 Å². The molecule has 116 valence electrons. The van der Waals surface area contributed by atoms with E-state index in [9.17, 15) is 4.79 Å². The number of H-pyrrole nitrogens is 1. The van der Waals surface area contributed by atoms with E-state index < -0.39 is 0 Å². The van der Waals surface area contributed by atoms with Gasteiger partial charge < -0.3 is 11.1 Å². The molecule has 1 amide bonds. The Balaban J connectivity index is 1.70. The van der Waals surface area contributed by atoms with Gasteiger partial charge in [0, 0.05) is 26.8 Å². The van der Waals surface area contributed by atoms with Crippen LogP contribution in [0.15, 0.2) is 30.5 Å². The minimum atomic E-state index is -0.186. The second-order valence-corrected chi connectivity index (χ2v) is 6.86. The lowest BCUT2D eigenvalue weighted by atomic mass is 9.94. The summed E-state index contributed by atoms with van der Waals surface area (Å²) in [6.45, 7) is 0. The number of rotatable bonds is 2. The predicted octanol–water partition coefficient (Wildman–Crippen LogP) is 3.72. The number of fused-ring (bicyclic) bond motifs is 3. The van der Waals surface area contributed by atoms with Gasteiger partial charge in [0.2, 0.25) is 0 Å². The van der Waals surface area contributed by atoms with E-state index >= 15 is 0 Å². The first kappa shape index (κ1) is 14.3. The van der Waals surface area contributed by atoms with Gasteiger partial charge in [-0.3, -0.25) is 9.89 Å². The van der Waals surface area contributed by atoms with Gasteiger partial charge in [-0.2, -0.15) is 5.10 Å². The van der Waals surface area contributed by atoms with Crippen molar-refractivity contribution in [3.63, 3.8) is 0 Å². The normalized spacial score (nSPS) is 12.6. The van der Waals surface area contributed by atoms with Gasteiger partial charge in [0.1, 0.15) is 0 Å². The van der Waals surface area contributed by atoms with Gasteiger partial charge in [0.15, 0.2) is 0 Å². The number of nitrogens with zero attached hydrogens (tertiary/aromatic N) is 1. The van der Waals surface area contributed by atoms with E-state index in [-0.39, 0.29) is 5.91 Å². The molecule has 4 rings (SSSR count). The van der Waals surface area contributed by atoms with Crippen LogP contribution in [-0.4, -0.2) is 16.1 Å². The summed E-state index contributed by atoms with van der Waals surface area (Å²) in [5, 5.41) is 11.1. The molecule has 0 aliphatic heterocycles. The molecule has 7 heteroatoms. The lowest BCUT2D eigenvalue weighted by Gasteiger charge is -2.13. The predicted molar refractivity (Wildman–Crippen MR) is 93.1 cm³/mol. The van der Waals surface area contributed by atoms with Gasteiger partial charge in [0.25, 0.3) is 5.91 Å². The van der Waals surface area contributed by atoms with Gasteiger partial charge in [-0.15, -0.1) is 11.3 Å². The molecule has 1 aromatic carbocycles. The number of nitrogens with one attached hydrogen (secondary N) is 2. The first-order valence-electron chi connectivity index (χ1n) is 7.14. The van der Waals surface area contributed by atoms with Gasteiger partial charge >= 0.3 is 0 Å². The van der Waals surface area contributed by atoms with E-state index in [0.717, 1.165) is 34.5 Å². The molecular formula is C16H13ClN4OS. The molecule has 5 nitrogen and oxygen atoms in total. The quantitative estimate of drug-likeness (QED) is 0.662. The fourth-order valence-electron chi connectivity index (χ4n) is 2.87. The molecule has 4 N–H and O–H groups in total. The SMILES string of the molecule is Nc1sc2c(c1C(=O)Nc1ccc(Cl)cc1)CCc1[nH]ncc1-2. The lowest BCUT2D eigenvalue weighted by molar-refractivity contribution is 0.102. The molecular weight excluding hydrogens is 332 g/mol. The highest BCUT2D eigenvalue weighted by Gasteiger charge is 2.28. The number of halogens is 1. The average Bonchev–Trinajstić information content (AvgIpc) is 3.12.